The van der Waals surface area contributed by atoms with E-state index in [1.165, 1.54) is 24.4 Å². The summed E-state index contributed by atoms with van der Waals surface area (Å²) in [5.41, 5.74) is 6.83. The number of carboxylic acids is 1. The zero-order valence-electron chi connectivity index (χ0n) is 11.7. The summed E-state index contributed by atoms with van der Waals surface area (Å²) in [6.45, 7) is 1.86. The Kier molecular flexibility index (Phi) is 3.25. The van der Waals surface area contributed by atoms with Crippen LogP contribution in [-0.4, -0.2) is 26.0 Å². The largest absolute Gasteiger partial charge is 0.478 e. The smallest absolute Gasteiger partial charge is 0.338 e. The molecule has 0 fully saturated rings. The van der Waals surface area contributed by atoms with Crippen molar-refractivity contribution >= 4 is 22.7 Å². The number of carboxylic acid groups (broad SMARTS) is 1. The molecule has 0 atom stereocenters. The predicted molar refractivity (Wildman–Crippen MR) is 80.0 cm³/mol. The van der Waals surface area contributed by atoms with E-state index in [1.807, 2.05) is 6.92 Å². The van der Waals surface area contributed by atoms with Crippen LogP contribution in [0.5, 0.6) is 0 Å². The minimum atomic E-state index is -1.13. The SMILES string of the molecule is CCc1nc(-c2cc(N)ccc2F)c2c(C(=O)O)c[nH]c2n1. The molecule has 0 aliphatic heterocycles. The number of nitrogens with two attached hydrogens (primary N) is 1. The van der Waals surface area contributed by atoms with E-state index in [0.717, 1.165) is 0 Å². The van der Waals surface area contributed by atoms with Crippen molar-refractivity contribution in [3.05, 3.63) is 41.6 Å². The van der Waals surface area contributed by atoms with Crippen molar-refractivity contribution < 1.29 is 14.3 Å². The number of aromatic carboxylic acids is 1. The van der Waals surface area contributed by atoms with E-state index in [1.54, 1.807) is 0 Å². The molecule has 0 radical (unpaired) electrons. The summed E-state index contributed by atoms with van der Waals surface area (Å²) in [7, 11) is 0. The molecule has 2 aromatic heterocycles. The predicted octanol–water partition coefficient (Wildman–Crippen LogP) is 2.61. The maximum atomic E-state index is 14.2. The van der Waals surface area contributed by atoms with Crippen LogP contribution in [0.4, 0.5) is 10.1 Å². The summed E-state index contributed by atoms with van der Waals surface area (Å²) in [5, 5.41) is 9.57. The first-order valence-corrected chi connectivity index (χ1v) is 6.68. The molecule has 0 aliphatic rings. The summed E-state index contributed by atoms with van der Waals surface area (Å²) in [6, 6.07) is 4.11. The lowest BCUT2D eigenvalue weighted by Gasteiger charge is -2.08. The number of nitrogen functional groups attached to an aromatic ring is 1. The van der Waals surface area contributed by atoms with E-state index < -0.39 is 11.8 Å². The van der Waals surface area contributed by atoms with Crippen molar-refractivity contribution in [3.63, 3.8) is 0 Å². The first-order chi connectivity index (χ1) is 10.5. The van der Waals surface area contributed by atoms with Gasteiger partial charge in [-0.3, -0.25) is 0 Å². The molecular formula is C15H13FN4O2. The summed E-state index contributed by atoms with van der Waals surface area (Å²) < 4.78 is 14.2. The van der Waals surface area contributed by atoms with Crippen LogP contribution in [0.15, 0.2) is 24.4 Å². The Balaban J connectivity index is 2.42. The van der Waals surface area contributed by atoms with Crippen LogP contribution < -0.4 is 5.73 Å². The highest BCUT2D eigenvalue weighted by Gasteiger charge is 2.20. The van der Waals surface area contributed by atoms with Gasteiger partial charge in [-0.15, -0.1) is 0 Å². The first-order valence-electron chi connectivity index (χ1n) is 6.68. The third-order valence-corrected chi connectivity index (χ3v) is 3.37. The van der Waals surface area contributed by atoms with Crippen LogP contribution in [0.3, 0.4) is 0 Å². The van der Waals surface area contributed by atoms with Crippen LogP contribution in [0, 0.1) is 5.82 Å². The molecule has 3 rings (SSSR count). The normalized spacial score (nSPS) is 11.0. The number of aromatic amines is 1. The lowest BCUT2D eigenvalue weighted by molar-refractivity contribution is 0.0699. The molecule has 112 valence electrons. The van der Waals surface area contributed by atoms with Gasteiger partial charge < -0.3 is 15.8 Å². The maximum absolute atomic E-state index is 14.2. The molecule has 1 aromatic carbocycles. The first kappa shape index (κ1) is 14.0. The average molecular weight is 300 g/mol. The fraction of sp³-hybridized carbons (Fsp3) is 0.133. The minimum absolute atomic E-state index is 0.00511. The highest BCUT2D eigenvalue weighted by Crippen LogP contribution is 2.31. The third kappa shape index (κ3) is 2.16. The lowest BCUT2D eigenvalue weighted by atomic mass is 10.0. The molecule has 22 heavy (non-hydrogen) atoms. The van der Waals surface area contributed by atoms with E-state index in [9.17, 15) is 14.3 Å². The molecule has 6 nitrogen and oxygen atoms in total. The fourth-order valence-corrected chi connectivity index (χ4v) is 2.33. The van der Waals surface area contributed by atoms with Gasteiger partial charge in [0.15, 0.2) is 0 Å². The molecule has 0 saturated carbocycles. The molecule has 0 saturated heterocycles. The van der Waals surface area contributed by atoms with Crippen molar-refractivity contribution in [2.24, 2.45) is 0 Å². The van der Waals surface area contributed by atoms with E-state index in [2.05, 4.69) is 15.0 Å². The third-order valence-electron chi connectivity index (χ3n) is 3.37. The molecule has 0 bridgehead atoms. The number of hydrogen-bond donors (Lipinski definition) is 3. The summed E-state index contributed by atoms with van der Waals surface area (Å²) in [6.07, 6.45) is 1.86. The van der Waals surface area contributed by atoms with Gasteiger partial charge in [-0.2, -0.15) is 0 Å². The number of nitrogens with zero attached hydrogens (tertiary/aromatic N) is 2. The number of H-pyrrole nitrogens is 1. The Hall–Kier alpha value is -2.96. The zero-order valence-corrected chi connectivity index (χ0v) is 11.7. The number of aryl methyl sites for hydroxylation is 1. The number of halogens is 1. The van der Waals surface area contributed by atoms with Crippen molar-refractivity contribution in [3.8, 4) is 11.3 Å². The molecule has 7 heteroatoms. The number of anilines is 1. The molecule has 3 aromatic rings. The van der Waals surface area contributed by atoms with Gasteiger partial charge in [0, 0.05) is 23.9 Å². The molecule has 0 unspecified atom stereocenters. The Morgan fingerprint density at radius 3 is 2.86 bits per heavy atom. The van der Waals surface area contributed by atoms with Crippen molar-refractivity contribution in [1.29, 1.82) is 0 Å². The Bertz CT molecular complexity index is 889. The van der Waals surface area contributed by atoms with E-state index in [0.29, 0.717) is 23.6 Å². The van der Waals surface area contributed by atoms with Crippen LogP contribution in [0.1, 0.15) is 23.1 Å². The summed E-state index contributed by atoms with van der Waals surface area (Å²) in [5.74, 6) is -1.17. The van der Waals surface area contributed by atoms with Gasteiger partial charge in [0.1, 0.15) is 17.3 Å². The average Bonchev–Trinajstić information content (AvgIpc) is 2.92. The van der Waals surface area contributed by atoms with Gasteiger partial charge in [0.25, 0.3) is 0 Å². The van der Waals surface area contributed by atoms with Gasteiger partial charge in [-0.1, -0.05) is 6.92 Å². The zero-order chi connectivity index (χ0) is 15.9. The topological polar surface area (TPSA) is 105 Å². The summed E-state index contributed by atoms with van der Waals surface area (Å²) in [4.78, 5) is 22.7. The number of benzene rings is 1. The highest BCUT2D eigenvalue weighted by molar-refractivity contribution is 6.07. The lowest BCUT2D eigenvalue weighted by Crippen LogP contribution is -2.02. The van der Waals surface area contributed by atoms with Crippen LogP contribution in [-0.2, 0) is 6.42 Å². The quantitative estimate of drug-likeness (QED) is 0.645. The molecule has 0 aliphatic carbocycles. The fourth-order valence-electron chi connectivity index (χ4n) is 2.33. The van der Waals surface area contributed by atoms with Gasteiger partial charge in [0.05, 0.1) is 16.6 Å². The number of carbonyl (C=O) groups is 1. The van der Waals surface area contributed by atoms with Gasteiger partial charge in [-0.25, -0.2) is 19.2 Å². The second-order valence-corrected chi connectivity index (χ2v) is 4.81. The van der Waals surface area contributed by atoms with E-state index in [4.69, 9.17) is 5.73 Å². The van der Waals surface area contributed by atoms with Crippen molar-refractivity contribution in [2.45, 2.75) is 13.3 Å². The number of rotatable bonds is 3. The number of nitrogens with one attached hydrogen (secondary N) is 1. The van der Waals surface area contributed by atoms with Crippen LogP contribution in [0.25, 0.3) is 22.3 Å². The monoisotopic (exact) mass is 300 g/mol. The van der Waals surface area contributed by atoms with E-state index in [-0.39, 0.29) is 22.2 Å². The van der Waals surface area contributed by atoms with Gasteiger partial charge in [0.2, 0.25) is 0 Å². The van der Waals surface area contributed by atoms with E-state index >= 15 is 0 Å². The van der Waals surface area contributed by atoms with Crippen molar-refractivity contribution in [2.75, 3.05) is 5.73 Å². The van der Waals surface area contributed by atoms with Crippen molar-refractivity contribution in [1.82, 2.24) is 15.0 Å². The second-order valence-electron chi connectivity index (χ2n) is 4.81. The van der Waals surface area contributed by atoms with Crippen LogP contribution >= 0.6 is 0 Å². The van der Waals surface area contributed by atoms with Gasteiger partial charge in [-0.05, 0) is 18.2 Å². The standard InChI is InChI=1S/C15H13FN4O2/c1-2-11-19-13(8-5-7(17)3-4-10(8)16)12-9(15(21)22)6-18-14(12)20-11/h3-6H,2,17H2,1H3,(H,21,22)(H,18,19,20). The highest BCUT2D eigenvalue weighted by atomic mass is 19.1. The minimum Gasteiger partial charge on any atom is -0.478 e. The maximum Gasteiger partial charge on any atom is 0.338 e. The number of hydrogen-bond acceptors (Lipinski definition) is 4. The Morgan fingerprint density at radius 2 is 2.18 bits per heavy atom. The number of aromatic nitrogens is 3. The second kappa shape index (κ2) is 5.10. The summed E-state index contributed by atoms with van der Waals surface area (Å²) >= 11 is 0. The van der Waals surface area contributed by atoms with Crippen LogP contribution in [0.2, 0.25) is 0 Å². The molecule has 4 N–H and O–H groups in total. The molecule has 2 heterocycles. The van der Waals surface area contributed by atoms with Gasteiger partial charge >= 0.3 is 5.97 Å². The number of fused-ring (bicyclic) bond motifs is 1. The molecule has 0 amide bonds. The Labute approximate surface area is 124 Å². The molecule has 0 spiro atoms. The molecular weight excluding hydrogens is 287 g/mol. The Morgan fingerprint density at radius 1 is 1.41 bits per heavy atom.